The molecule has 0 saturated carbocycles. The number of nitrogens with zero attached hydrogens (tertiary/aromatic N) is 1. The van der Waals surface area contributed by atoms with Gasteiger partial charge >= 0.3 is 5.97 Å². The highest BCUT2D eigenvalue weighted by atomic mass is 32.2. The van der Waals surface area contributed by atoms with Crippen molar-refractivity contribution in [2.45, 2.75) is 36.3 Å². The van der Waals surface area contributed by atoms with E-state index >= 15 is 0 Å². The summed E-state index contributed by atoms with van der Waals surface area (Å²) >= 11 is 0. The number of esters is 1. The average Bonchev–Trinajstić information content (AvgIpc) is 3.23. The summed E-state index contributed by atoms with van der Waals surface area (Å²) in [6.45, 7) is 6.36. The Morgan fingerprint density at radius 2 is 1.83 bits per heavy atom. The molecule has 2 heterocycles. The van der Waals surface area contributed by atoms with Crippen molar-refractivity contribution in [2.75, 3.05) is 13.7 Å². The van der Waals surface area contributed by atoms with Crippen LogP contribution in [0, 0.1) is 6.92 Å². The SMILES string of the molecule is C=C(c1ccc(OC)cc1)[C@]12CCN(S(=O)(=O)c3ccc(C)cc3)[C@H]1CC(=O)O2. The molecule has 2 atom stereocenters. The van der Waals surface area contributed by atoms with Crippen molar-refractivity contribution in [1.82, 2.24) is 4.31 Å². The van der Waals surface area contributed by atoms with Gasteiger partial charge in [-0.3, -0.25) is 4.79 Å². The highest BCUT2D eigenvalue weighted by Gasteiger charge is 2.60. The van der Waals surface area contributed by atoms with Gasteiger partial charge in [0.15, 0.2) is 5.60 Å². The molecule has 0 radical (unpaired) electrons. The number of carbonyl (C=O) groups is 1. The van der Waals surface area contributed by atoms with E-state index in [4.69, 9.17) is 9.47 Å². The molecule has 0 aromatic heterocycles. The number of carbonyl (C=O) groups excluding carboxylic acids is 1. The van der Waals surface area contributed by atoms with Crippen molar-refractivity contribution in [2.24, 2.45) is 0 Å². The monoisotopic (exact) mass is 413 g/mol. The largest absolute Gasteiger partial charge is 0.497 e. The molecule has 7 heteroatoms. The zero-order valence-electron chi connectivity index (χ0n) is 16.4. The Bertz CT molecular complexity index is 1060. The normalized spacial score (nSPS) is 24.2. The third-order valence-electron chi connectivity index (χ3n) is 5.82. The van der Waals surface area contributed by atoms with Crippen LogP contribution in [0.2, 0.25) is 0 Å². The molecule has 2 aliphatic rings. The zero-order chi connectivity index (χ0) is 20.8. The molecule has 0 N–H and O–H groups in total. The molecule has 0 amide bonds. The van der Waals surface area contributed by atoms with Gasteiger partial charge in [-0.05, 0) is 42.3 Å². The number of rotatable bonds is 5. The van der Waals surface area contributed by atoms with Gasteiger partial charge in [-0.2, -0.15) is 4.31 Å². The van der Waals surface area contributed by atoms with E-state index in [0.29, 0.717) is 17.7 Å². The van der Waals surface area contributed by atoms with Crippen LogP contribution >= 0.6 is 0 Å². The second-order valence-electron chi connectivity index (χ2n) is 7.47. The molecule has 2 saturated heterocycles. The van der Waals surface area contributed by atoms with Crippen LogP contribution in [0.3, 0.4) is 0 Å². The molecule has 0 aliphatic carbocycles. The van der Waals surface area contributed by atoms with Crippen molar-refractivity contribution in [3.63, 3.8) is 0 Å². The van der Waals surface area contributed by atoms with Crippen molar-refractivity contribution in [3.05, 3.63) is 66.2 Å². The van der Waals surface area contributed by atoms with Crippen LogP contribution in [0.1, 0.15) is 24.0 Å². The summed E-state index contributed by atoms with van der Waals surface area (Å²) in [5.41, 5.74) is 1.33. The van der Waals surface area contributed by atoms with E-state index in [1.807, 2.05) is 19.1 Å². The number of ether oxygens (including phenoxy) is 2. The summed E-state index contributed by atoms with van der Waals surface area (Å²) in [6.07, 6.45) is 0.389. The van der Waals surface area contributed by atoms with E-state index in [1.165, 1.54) is 4.31 Å². The fourth-order valence-electron chi connectivity index (χ4n) is 4.20. The molecule has 0 spiro atoms. The predicted octanol–water partition coefficient (Wildman–Crippen LogP) is 3.17. The fraction of sp³-hybridized carbons (Fsp3) is 0.318. The number of fused-ring (bicyclic) bond motifs is 1. The van der Waals surface area contributed by atoms with Crippen LogP contribution in [-0.4, -0.2) is 44.0 Å². The molecule has 29 heavy (non-hydrogen) atoms. The number of sulfonamides is 1. The second-order valence-corrected chi connectivity index (χ2v) is 9.36. The number of benzene rings is 2. The molecular formula is C22H23NO5S. The lowest BCUT2D eigenvalue weighted by Crippen LogP contribution is -2.44. The first kappa shape index (κ1) is 19.7. The summed E-state index contributed by atoms with van der Waals surface area (Å²) < 4.78 is 38.9. The van der Waals surface area contributed by atoms with E-state index in [0.717, 1.165) is 11.1 Å². The molecule has 6 nitrogen and oxygen atoms in total. The molecule has 4 rings (SSSR count). The van der Waals surface area contributed by atoms with Gasteiger partial charge in [-0.25, -0.2) is 8.42 Å². The minimum absolute atomic E-state index is 0.0142. The molecule has 2 fully saturated rings. The smallest absolute Gasteiger partial charge is 0.308 e. The van der Waals surface area contributed by atoms with Gasteiger partial charge in [0.05, 0.1) is 24.5 Å². The molecule has 2 aromatic carbocycles. The Hall–Kier alpha value is -2.64. The fourth-order valence-corrected chi connectivity index (χ4v) is 5.87. The Morgan fingerprint density at radius 1 is 1.17 bits per heavy atom. The summed E-state index contributed by atoms with van der Waals surface area (Å²) in [5, 5.41) is 0. The van der Waals surface area contributed by atoms with Crippen LogP contribution in [0.5, 0.6) is 5.75 Å². The van der Waals surface area contributed by atoms with Crippen LogP contribution in [0.15, 0.2) is 60.0 Å². The number of hydrogen-bond donors (Lipinski definition) is 0. The van der Waals surface area contributed by atoms with E-state index in [1.54, 1.807) is 43.5 Å². The summed E-state index contributed by atoms with van der Waals surface area (Å²) in [6, 6.07) is 13.4. The number of aryl methyl sites for hydroxylation is 1. The Morgan fingerprint density at radius 3 is 2.45 bits per heavy atom. The van der Waals surface area contributed by atoms with Gasteiger partial charge in [0.2, 0.25) is 10.0 Å². The highest BCUT2D eigenvalue weighted by Crippen LogP contribution is 2.49. The van der Waals surface area contributed by atoms with Crippen LogP contribution < -0.4 is 4.74 Å². The quantitative estimate of drug-likeness (QED) is 0.704. The first-order valence-electron chi connectivity index (χ1n) is 9.42. The van der Waals surface area contributed by atoms with Gasteiger partial charge in [-0.15, -0.1) is 0 Å². The first-order chi connectivity index (χ1) is 13.8. The topological polar surface area (TPSA) is 72.9 Å². The van der Waals surface area contributed by atoms with Crippen LogP contribution in [0.4, 0.5) is 0 Å². The number of methoxy groups -OCH3 is 1. The molecule has 2 aliphatic heterocycles. The van der Waals surface area contributed by atoms with E-state index in [-0.39, 0.29) is 17.9 Å². The summed E-state index contributed by atoms with van der Waals surface area (Å²) in [4.78, 5) is 12.5. The maximum Gasteiger partial charge on any atom is 0.308 e. The number of hydrogen-bond acceptors (Lipinski definition) is 5. The maximum absolute atomic E-state index is 13.3. The lowest BCUT2D eigenvalue weighted by molar-refractivity contribution is -0.144. The second kappa shape index (κ2) is 7.00. The molecule has 0 bridgehead atoms. The minimum Gasteiger partial charge on any atom is -0.497 e. The predicted molar refractivity (Wildman–Crippen MR) is 109 cm³/mol. The van der Waals surface area contributed by atoms with Gasteiger partial charge in [0.25, 0.3) is 0 Å². The van der Waals surface area contributed by atoms with Gasteiger partial charge < -0.3 is 9.47 Å². The van der Waals surface area contributed by atoms with Gasteiger partial charge in [0.1, 0.15) is 5.75 Å². The average molecular weight is 413 g/mol. The molecule has 2 aromatic rings. The van der Waals surface area contributed by atoms with Gasteiger partial charge in [0, 0.05) is 13.0 Å². The first-order valence-corrected chi connectivity index (χ1v) is 10.9. The Balaban J connectivity index is 1.70. The summed E-state index contributed by atoms with van der Waals surface area (Å²) in [7, 11) is -2.17. The van der Waals surface area contributed by atoms with Crippen molar-refractivity contribution < 1.29 is 22.7 Å². The van der Waals surface area contributed by atoms with Crippen molar-refractivity contribution in [3.8, 4) is 5.75 Å². The molecular weight excluding hydrogens is 390 g/mol. The van der Waals surface area contributed by atoms with Gasteiger partial charge in [-0.1, -0.05) is 36.4 Å². The zero-order valence-corrected chi connectivity index (χ0v) is 17.2. The summed E-state index contributed by atoms with van der Waals surface area (Å²) in [5.74, 6) is 0.294. The van der Waals surface area contributed by atoms with E-state index in [9.17, 15) is 13.2 Å². The molecule has 0 unspecified atom stereocenters. The lowest BCUT2D eigenvalue weighted by atomic mass is 9.83. The minimum atomic E-state index is -3.76. The van der Waals surface area contributed by atoms with Crippen molar-refractivity contribution >= 4 is 21.6 Å². The van der Waals surface area contributed by atoms with Crippen LogP contribution in [-0.2, 0) is 19.6 Å². The maximum atomic E-state index is 13.3. The lowest BCUT2D eigenvalue weighted by Gasteiger charge is -2.31. The van der Waals surface area contributed by atoms with E-state index in [2.05, 4.69) is 6.58 Å². The Kier molecular flexibility index (Phi) is 4.75. The molecule has 152 valence electrons. The van der Waals surface area contributed by atoms with Crippen LogP contribution in [0.25, 0.3) is 5.57 Å². The van der Waals surface area contributed by atoms with Crippen molar-refractivity contribution in [1.29, 1.82) is 0 Å². The third kappa shape index (κ3) is 3.14. The highest BCUT2D eigenvalue weighted by molar-refractivity contribution is 7.89. The Labute approximate surface area is 170 Å². The standard InChI is InChI=1S/C22H23NO5S/c1-15-4-10-19(11-5-15)29(25,26)23-13-12-22(20(23)14-21(24)28-22)16(2)17-6-8-18(27-3)9-7-17/h4-11,20H,2,12-14H2,1,3H3/t20-,22+/m0/s1. The van der Waals surface area contributed by atoms with E-state index < -0.39 is 27.6 Å². The third-order valence-corrected chi connectivity index (χ3v) is 7.74.